The molecule has 10 nitrogen and oxygen atoms in total. The number of amides is 1. The molecule has 1 unspecified atom stereocenters. The van der Waals surface area contributed by atoms with Crippen LogP contribution in [-0.2, 0) is 4.79 Å². The van der Waals surface area contributed by atoms with Crippen LogP contribution in [0.25, 0.3) is 22.6 Å². The Labute approximate surface area is 224 Å². The van der Waals surface area contributed by atoms with E-state index in [1.165, 1.54) is 0 Å². The van der Waals surface area contributed by atoms with Crippen LogP contribution in [-0.4, -0.2) is 80.6 Å². The van der Waals surface area contributed by atoms with E-state index in [2.05, 4.69) is 56.9 Å². The molecule has 38 heavy (non-hydrogen) atoms. The number of carbonyl (C=O) groups is 1. The van der Waals surface area contributed by atoms with E-state index in [-0.39, 0.29) is 17.4 Å². The molecule has 10 heteroatoms. The molecule has 0 aromatic carbocycles. The minimum absolute atomic E-state index is 0.00165. The lowest BCUT2D eigenvalue weighted by Crippen LogP contribution is -2.49. The molecular formula is C28H39N9O. The standard InChI is InChI=1S/C28H39N9O/c1-6-21(7-2)37-18-31-23-25(30-17-20-10-11-28(3,4)34-27(20)38)32-24(33-26(23)37)19-8-9-22(29-16-19)36-14-12-35(5)13-15-36/h8-11,16,18,20-21H,6-7,12-15,17H2,1-5H3,(H,34,38)(H,30,32,33). The first-order valence-electron chi connectivity index (χ1n) is 13.7. The second-order valence-corrected chi connectivity index (χ2v) is 10.9. The summed E-state index contributed by atoms with van der Waals surface area (Å²) >= 11 is 0. The van der Waals surface area contributed by atoms with Crippen molar-refractivity contribution in [2.45, 2.75) is 52.1 Å². The molecule has 0 radical (unpaired) electrons. The summed E-state index contributed by atoms with van der Waals surface area (Å²) < 4.78 is 2.15. The summed E-state index contributed by atoms with van der Waals surface area (Å²) in [7, 11) is 2.15. The highest BCUT2D eigenvalue weighted by Crippen LogP contribution is 2.29. The van der Waals surface area contributed by atoms with Crippen LogP contribution in [0.15, 0.2) is 36.8 Å². The zero-order valence-electron chi connectivity index (χ0n) is 23.1. The first-order valence-corrected chi connectivity index (χ1v) is 13.7. The lowest BCUT2D eigenvalue weighted by molar-refractivity contribution is -0.124. The van der Waals surface area contributed by atoms with Gasteiger partial charge in [0.25, 0.3) is 0 Å². The van der Waals surface area contributed by atoms with E-state index in [9.17, 15) is 4.79 Å². The van der Waals surface area contributed by atoms with E-state index in [0.29, 0.717) is 29.7 Å². The monoisotopic (exact) mass is 517 g/mol. The number of anilines is 2. The fourth-order valence-corrected chi connectivity index (χ4v) is 5.12. The molecule has 2 N–H and O–H groups in total. The average Bonchev–Trinajstić information content (AvgIpc) is 3.33. The molecule has 5 heterocycles. The van der Waals surface area contributed by atoms with E-state index in [0.717, 1.165) is 56.0 Å². The van der Waals surface area contributed by atoms with E-state index >= 15 is 0 Å². The number of pyridine rings is 1. The lowest BCUT2D eigenvalue weighted by Gasteiger charge is -2.33. The number of imidazole rings is 1. The van der Waals surface area contributed by atoms with Crippen molar-refractivity contribution in [1.82, 2.24) is 34.7 Å². The summed E-state index contributed by atoms with van der Waals surface area (Å²) in [6.07, 6.45) is 9.68. The predicted octanol–water partition coefficient (Wildman–Crippen LogP) is 3.49. The number of carbonyl (C=O) groups excluding carboxylic acids is 1. The van der Waals surface area contributed by atoms with Crippen LogP contribution in [0.5, 0.6) is 0 Å². The van der Waals surface area contributed by atoms with Crippen molar-refractivity contribution in [3.05, 3.63) is 36.8 Å². The molecule has 3 aromatic heterocycles. The van der Waals surface area contributed by atoms with Gasteiger partial charge in [0.15, 0.2) is 17.3 Å². The molecule has 1 atom stereocenters. The fraction of sp³-hybridized carbons (Fsp3) is 0.536. The van der Waals surface area contributed by atoms with E-state index in [1.807, 2.05) is 44.6 Å². The van der Waals surface area contributed by atoms with Crippen LogP contribution >= 0.6 is 0 Å². The van der Waals surface area contributed by atoms with Gasteiger partial charge in [-0.15, -0.1) is 0 Å². The topological polar surface area (TPSA) is 104 Å². The molecule has 0 bridgehead atoms. The minimum atomic E-state index is -0.333. The molecule has 0 saturated carbocycles. The van der Waals surface area contributed by atoms with Crippen LogP contribution in [0.2, 0.25) is 0 Å². The largest absolute Gasteiger partial charge is 0.367 e. The van der Waals surface area contributed by atoms with E-state index in [4.69, 9.17) is 15.0 Å². The second-order valence-electron chi connectivity index (χ2n) is 10.9. The zero-order chi connectivity index (χ0) is 26.9. The lowest BCUT2D eigenvalue weighted by atomic mass is 9.94. The Kier molecular flexibility index (Phi) is 7.34. The third-order valence-electron chi connectivity index (χ3n) is 7.61. The van der Waals surface area contributed by atoms with Crippen molar-refractivity contribution in [1.29, 1.82) is 0 Å². The first-order chi connectivity index (χ1) is 18.3. The molecule has 0 spiro atoms. The third-order valence-corrected chi connectivity index (χ3v) is 7.61. The van der Waals surface area contributed by atoms with E-state index < -0.39 is 0 Å². The molecule has 2 aliphatic rings. The van der Waals surface area contributed by atoms with Gasteiger partial charge in [0, 0.05) is 50.5 Å². The van der Waals surface area contributed by atoms with Crippen LogP contribution < -0.4 is 15.5 Å². The number of hydrogen-bond donors (Lipinski definition) is 2. The quantitative estimate of drug-likeness (QED) is 0.438. The smallest absolute Gasteiger partial charge is 0.229 e. The van der Waals surface area contributed by atoms with Crippen molar-refractivity contribution < 1.29 is 4.79 Å². The number of nitrogens with zero attached hydrogens (tertiary/aromatic N) is 7. The average molecular weight is 518 g/mol. The van der Waals surface area contributed by atoms with Crippen molar-refractivity contribution in [2.75, 3.05) is 50.0 Å². The zero-order valence-corrected chi connectivity index (χ0v) is 23.1. The van der Waals surface area contributed by atoms with Gasteiger partial charge in [-0.25, -0.2) is 19.9 Å². The maximum atomic E-state index is 12.7. The number of fused-ring (bicyclic) bond motifs is 1. The van der Waals surface area contributed by atoms with Gasteiger partial charge in [-0.3, -0.25) is 4.79 Å². The van der Waals surface area contributed by atoms with Gasteiger partial charge < -0.3 is 25.0 Å². The summed E-state index contributed by atoms with van der Waals surface area (Å²) in [6.45, 7) is 12.7. The molecular weight excluding hydrogens is 478 g/mol. The van der Waals surface area contributed by atoms with Crippen LogP contribution in [0, 0.1) is 5.92 Å². The van der Waals surface area contributed by atoms with Gasteiger partial charge in [0.1, 0.15) is 11.3 Å². The highest BCUT2D eigenvalue weighted by molar-refractivity contribution is 5.87. The number of hydrogen-bond acceptors (Lipinski definition) is 8. The molecule has 5 rings (SSSR count). The number of rotatable bonds is 8. The van der Waals surface area contributed by atoms with Crippen molar-refractivity contribution >= 4 is 28.7 Å². The maximum absolute atomic E-state index is 12.7. The summed E-state index contributed by atoms with van der Waals surface area (Å²) in [4.78, 5) is 36.6. The van der Waals surface area contributed by atoms with Crippen molar-refractivity contribution in [3.63, 3.8) is 0 Å². The summed E-state index contributed by atoms with van der Waals surface area (Å²) in [5.41, 5.74) is 2.02. The Morgan fingerprint density at radius 1 is 1.11 bits per heavy atom. The second kappa shape index (κ2) is 10.7. The number of nitrogens with one attached hydrogen (secondary N) is 2. The van der Waals surface area contributed by atoms with Crippen LogP contribution in [0.1, 0.15) is 46.6 Å². The highest BCUT2D eigenvalue weighted by atomic mass is 16.2. The SMILES string of the molecule is CCC(CC)n1cnc2c(NCC3C=CC(C)(C)NC3=O)nc(-c3ccc(N4CCN(C)CC4)nc3)nc21. The Morgan fingerprint density at radius 2 is 1.87 bits per heavy atom. The van der Waals surface area contributed by atoms with Gasteiger partial charge in [-0.1, -0.05) is 26.0 Å². The number of piperazine rings is 1. The summed E-state index contributed by atoms with van der Waals surface area (Å²) in [6, 6.07) is 4.39. The molecule has 1 amide bonds. The van der Waals surface area contributed by atoms with Gasteiger partial charge >= 0.3 is 0 Å². The van der Waals surface area contributed by atoms with Crippen molar-refractivity contribution in [2.24, 2.45) is 5.92 Å². The normalized spacial score (nSPS) is 19.8. The number of aromatic nitrogens is 5. The molecule has 1 saturated heterocycles. The van der Waals surface area contributed by atoms with Gasteiger partial charge in [-0.05, 0) is 45.9 Å². The summed E-state index contributed by atoms with van der Waals surface area (Å²) in [5, 5.41) is 6.46. The van der Waals surface area contributed by atoms with Gasteiger partial charge in [-0.2, -0.15) is 0 Å². The summed E-state index contributed by atoms with van der Waals surface area (Å²) in [5.74, 6) is 1.91. The predicted molar refractivity (Wildman–Crippen MR) is 151 cm³/mol. The Bertz CT molecular complexity index is 1300. The number of likely N-dealkylation sites (N-methyl/N-ethyl adjacent to an activating group) is 1. The Morgan fingerprint density at radius 3 is 2.53 bits per heavy atom. The Hall–Kier alpha value is -3.53. The van der Waals surface area contributed by atoms with Crippen LogP contribution in [0.4, 0.5) is 11.6 Å². The maximum Gasteiger partial charge on any atom is 0.229 e. The molecule has 2 aliphatic heterocycles. The third kappa shape index (κ3) is 5.36. The molecule has 3 aromatic rings. The Balaban J connectivity index is 1.47. The molecule has 0 aliphatic carbocycles. The molecule has 202 valence electrons. The fourth-order valence-electron chi connectivity index (χ4n) is 5.12. The highest BCUT2D eigenvalue weighted by Gasteiger charge is 2.28. The van der Waals surface area contributed by atoms with E-state index in [1.54, 1.807) is 0 Å². The van der Waals surface area contributed by atoms with Gasteiger partial charge in [0.05, 0.1) is 17.8 Å². The van der Waals surface area contributed by atoms with Gasteiger partial charge in [0.2, 0.25) is 5.91 Å². The van der Waals surface area contributed by atoms with Crippen LogP contribution in [0.3, 0.4) is 0 Å². The van der Waals surface area contributed by atoms with Crippen molar-refractivity contribution in [3.8, 4) is 11.4 Å². The first kappa shape index (κ1) is 26.1. The minimum Gasteiger partial charge on any atom is -0.367 e. The molecule has 1 fully saturated rings.